The second kappa shape index (κ2) is 6.09. The van der Waals surface area contributed by atoms with Crippen LogP contribution in [0, 0.1) is 9.49 Å². The lowest BCUT2D eigenvalue weighted by atomic mass is 9.99. The third-order valence-corrected chi connectivity index (χ3v) is 6.19. The number of rotatable bonds is 1. The molecule has 2 unspecified atom stereocenters. The van der Waals surface area contributed by atoms with Gasteiger partial charge in [-0.25, -0.2) is 0 Å². The van der Waals surface area contributed by atoms with Crippen LogP contribution >= 0.6 is 50.1 Å². The lowest BCUT2D eigenvalue weighted by Crippen LogP contribution is -2.43. The highest BCUT2D eigenvalue weighted by atomic mass is 127. The van der Waals surface area contributed by atoms with E-state index >= 15 is 0 Å². The van der Waals surface area contributed by atoms with Gasteiger partial charge in [0.1, 0.15) is 0 Å². The quantitative estimate of drug-likeness (QED) is 0.472. The predicted molar refractivity (Wildman–Crippen MR) is 86.6 cm³/mol. The minimum atomic E-state index is 0.0829. The SMILES string of the molecule is CC1CN(C(=O)c2ccc(I)c(Cl)c2)CCC1Br. The van der Waals surface area contributed by atoms with Crippen molar-refractivity contribution in [2.24, 2.45) is 5.92 Å². The standard InChI is InChI=1S/C13H14BrClINO/c1-8-7-17(5-4-10(8)14)13(18)9-2-3-12(16)11(15)6-9/h2-3,6,8,10H,4-5,7H2,1H3. The lowest BCUT2D eigenvalue weighted by molar-refractivity contribution is 0.0690. The molecule has 2 atom stereocenters. The van der Waals surface area contributed by atoms with E-state index in [0.717, 1.165) is 23.1 Å². The molecule has 5 heteroatoms. The molecule has 1 heterocycles. The number of hydrogen-bond donors (Lipinski definition) is 0. The number of carbonyl (C=O) groups is 1. The highest BCUT2D eigenvalue weighted by Crippen LogP contribution is 2.26. The Morgan fingerprint density at radius 3 is 2.89 bits per heavy atom. The Labute approximate surface area is 134 Å². The number of piperidine rings is 1. The molecule has 0 spiro atoms. The average Bonchev–Trinajstić information content (AvgIpc) is 2.35. The number of alkyl halides is 1. The van der Waals surface area contributed by atoms with Crippen molar-refractivity contribution in [2.45, 2.75) is 18.2 Å². The van der Waals surface area contributed by atoms with Crippen molar-refractivity contribution in [3.8, 4) is 0 Å². The molecule has 2 rings (SSSR count). The number of halogens is 3. The predicted octanol–water partition coefficient (Wildman–Crippen LogP) is 4.19. The van der Waals surface area contributed by atoms with Gasteiger partial charge >= 0.3 is 0 Å². The van der Waals surface area contributed by atoms with Crippen LogP contribution in [0.4, 0.5) is 0 Å². The van der Waals surface area contributed by atoms with Crippen molar-refractivity contribution in [1.82, 2.24) is 4.90 Å². The van der Waals surface area contributed by atoms with E-state index in [-0.39, 0.29) is 5.91 Å². The molecular formula is C13H14BrClINO. The zero-order chi connectivity index (χ0) is 13.3. The molecule has 2 nitrogen and oxygen atoms in total. The number of hydrogen-bond acceptors (Lipinski definition) is 1. The summed E-state index contributed by atoms with van der Waals surface area (Å²) in [5, 5.41) is 0.643. The summed E-state index contributed by atoms with van der Waals surface area (Å²) < 4.78 is 0.971. The van der Waals surface area contributed by atoms with Gasteiger partial charge in [0.2, 0.25) is 0 Å². The molecule has 1 aromatic carbocycles. The first-order valence-electron chi connectivity index (χ1n) is 5.87. The Bertz CT molecular complexity index is 468. The minimum absolute atomic E-state index is 0.0829. The molecule has 0 radical (unpaired) electrons. The molecule has 1 amide bonds. The summed E-state index contributed by atoms with van der Waals surface area (Å²) in [6, 6.07) is 5.49. The normalized spacial score (nSPS) is 24.1. The van der Waals surface area contributed by atoms with Gasteiger partial charge in [0.15, 0.2) is 0 Å². The highest BCUT2D eigenvalue weighted by Gasteiger charge is 2.27. The van der Waals surface area contributed by atoms with E-state index in [1.54, 1.807) is 6.07 Å². The molecule has 1 fully saturated rings. The van der Waals surface area contributed by atoms with E-state index in [2.05, 4.69) is 45.4 Å². The van der Waals surface area contributed by atoms with Gasteiger partial charge in [0.25, 0.3) is 5.91 Å². The summed E-state index contributed by atoms with van der Waals surface area (Å²) in [6.45, 7) is 3.78. The molecule has 0 N–H and O–H groups in total. The van der Waals surface area contributed by atoms with E-state index in [1.165, 1.54) is 0 Å². The van der Waals surface area contributed by atoms with Crippen molar-refractivity contribution in [2.75, 3.05) is 13.1 Å². The summed E-state index contributed by atoms with van der Waals surface area (Å²) in [5.74, 6) is 0.571. The van der Waals surface area contributed by atoms with Gasteiger partial charge in [-0.1, -0.05) is 34.5 Å². The molecule has 1 saturated heterocycles. The minimum Gasteiger partial charge on any atom is -0.338 e. The highest BCUT2D eigenvalue weighted by molar-refractivity contribution is 14.1. The summed E-state index contributed by atoms with van der Waals surface area (Å²) in [7, 11) is 0. The Morgan fingerprint density at radius 1 is 1.56 bits per heavy atom. The molecule has 1 aromatic rings. The Balaban J connectivity index is 2.14. The van der Waals surface area contributed by atoms with Crippen LogP contribution in [0.3, 0.4) is 0 Å². The smallest absolute Gasteiger partial charge is 0.253 e. The summed E-state index contributed by atoms with van der Waals surface area (Å²) in [4.78, 5) is 14.8. The molecule has 0 bridgehead atoms. The van der Waals surface area contributed by atoms with Crippen LogP contribution in [-0.4, -0.2) is 28.7 Å². The first-order valence-corrected chi connectivity index (χ1v) is 8.24. The zero-order valence-electron chi connectivity index (χ0n) is 10.00. The van der Waals surface area contributed by atoms with Crippen molar-refractivity contribution in [1.29, 1.82) is 0 Å². The average molecular weight is 443 g/mol. The second-order valence-electron chi connectivity index (χ2n) is 4.66. The van der Waals surface area contributed by atoms with E-state index in [1.807, 2.05) is 17.0 Å². The van der Waals surface area contributed by atoms with Crippen molar-refractivity contribution in [3.63, 3.8) is 0 Å². The molecule has 0 saturated carbocycles. The van der Waals surface area contributed by atoms with Gasteiger partial charge in [-0.3, -0.25) is 4.79 Å². The number of amides is 1. The number of benzene rings is 1. The van der Waals surface area contributed by atoms with Crippen LogP contribution in [-0.2, 0) is 0 Å². The van der Waals surface area contributed by atoms with Crippen LogP contribution in [0.1, 0.15) is 23.7 Å². The Hall–Kier alpha value is 0.190. The van der Waals surface area contributed by atoms with Gasteiger partial charge in [-0.2, -0.15) is 0 Å². The van der Waals surface area contributed by atoms with Gasteiger partial charge in [-0.05, 0) is 53.1 Å². The first kappa shape index (κ1) is 14.6. The number of likely N-dealkylation sites (tertiary alicyclic amines) is 1. The van der Waals surface area contributed by atoms with E-state index < -0.39 is 0 Å². The summed E-state index contributed by atoms with van der Waals surface area (Å²) >= 11 is 11.9. The molecule has 0 aromatic heterocycles. The molecule has 18 heavy (non-hydrogen) atoms. The van der Waals surface area contributed by atoms with Gasteiger partial charge < -0.3 is 4.90 Å². The van der Waals surface area contributed by atoms with Crippen LogP contribution in [0.25, 0.3) is 0 Å². The molecule has 1 aliphatic heterocycles. The molecular weight excluding hydrogens is 428 g/mol. The van der Waals surface area contributed by atoms with Crippen LogP contribution in [0.15, 0.2) is 18.2 Å². The fourth-order valence-electron chi connectivity index (χ4n) is 2.11. The van der Waals surface area contributed by atoms with E-state index in [9.17, 15) is 4.79 Å². The Kier molecular flexibility index (Phi) is 4.94. The second-order valence-corrected chi connectivity index (χ2v) is 7.41. The van der Waals surface area contributed by atoms with E-state index in [0.29, 0.717) is 21.3 Å². The lowest BCUT2D eigenvalue weighted by Gasteiger charge is -2.34. The summed E-state index contributed by atoms with van der Waals surface area (Å²) in [6.07, 6.45) is 1.00. The van der Waals surface area contributed by atoms with Gasteiger partial charge in [0, 0.05) is 27.1 Å². The van der Waals surface area contributed by atoms with E-state index in [4.69, 9.17) is 11.6 Å². The fourth-order valence-corrected chi connectivity index (χ4v) is 3.00. The zero-order valence-corrected chi connectivity index (χ0v) is 14.5. The number of carbonyl (C=O) groups excluding carboxylic acids is 1. The first-order chi connectivity index (χ1) is 8.49. The van der Waals surface area contributed by atoms with Crippen molar-refractivity contribution >= 4 is 56.0 Å². The molecule has 0 aliphatic carbocycles. The topological polar surface area (TPSA) is 20.3 Å². The summed E-state index contributed by atoms with van der Waals surface area (Å²) in [5.41, 5.74) is 0.681. The monoisotopic (exact) mass is 441 g/mol. The maximum absolute atomic E-state index is 12.4. The van der Waals surface area contributed by atoms with Crippen LogP contribution < -0.4 is 0 Å². The Morgan fingerprint density at radius 2 is 2.28 bits per heavy atom. The van der Waals surface area contributed by atoms with Gasteiger partial charge in [0.05, 0.1) is 5.02 Å². The van der Waals surface area contributed by atoms with Crippen molar-refractivity contribution in [3.05, 3.63) is 32.4 Å². The fraction of sp³-hybridized carbons (Fsp3) is 0.462. The van der Waals surface area contributed by atoms with Crippen LogP contribution in [0.5, 0.6) is 0 Å². The molecule has 98 valence electrons. The third kappa shape index (κ3) is 3.20. The van der Waals surface area contributed by atoms with Crippen LogP contribution in [0.2, 0.25) is 5.02 Å². The maximum Gasteiger partial charge on any atom is 0.253 e. The number of nitrogens with zero attached hydrogens (tertiary/aromatic N) is 1. The maximum atomic E-state index is 12.4. The molecule has 1 aliphatic rings. The third-order valence-electron chi connectivity index (χ3n) is 3.25. The van der Waals surface area contributed by atoms with Crippen molar-refractivity contribution < 1.29 is 4.79 Å². The van der Waals surface area contributed by atoms with Gasteiger partial charge in [-0.15, -0.1) is 0 Å². The largest absolute Gasteiger partial charge is 0.338 e.